The number of nitrogens with zero attached hydrogens (tertiary/aromatic N) is 3. The van der Waals surface area contributed by atoms with Gasteiger partial charge in [0, 0.05) is 45.8 Å². The van der Waals surface area contributed by atoms with E-state index in [1.807, 2.05) is 46.8 Å². The standard InChI is InChI=1S/C22H36N4O4/c1-17(2)29-20(27)16-26-12-10-23-9-11-25(13-14-26)15-18-7-6-8-19(24-18)21(28)30-22(3,4)5/h6-8,17,23H,9-16H2,1-5H3. The van der Waals surface area contributed by atoms with Gasteiger partial charge in [-0.25, -0.2) is 9.78 Å². The van der Waals surface area contributed by atoms with Gasteiger partial charge in [0.05, 0.1) is 18.3 Å². The van der Waals surface area contributed by atoms with Gasteiger partial charge in [0.25, 0.3) is 0 Å². The number of ether oxygens (including phenoxy) is 2. The molecule has 0 spiro atoms. The molecule has 1 aliphatic rings. The molecule has 0 saturated carbocycles. The molecule has 1 saturated heterocycles. The van der Waals surface area contributed by atoms with Crippen LogP contribution in [-0.2, 0) is 20.8 Å². The molecule has 1 aromatic rings. The summed E-state index contributed by atoms with van der Waals surface area (Å²) >= 11 is 0. The number of hydrogen-bond donors (Lipinski definition) is 1. The lowest BCUT2D eigenvalue weighted by Crippen LogP contribution is -2.39. The van der Waals surface area contributed by atoms with Gasteiger partial charge in [-0.2, -0.15) is 0 Å². The normalized spacial score (nSPS) is 17.1. The molecule has 0 amide bonds. The Hall–Kier alpha value is -2.03. The first-order valence-corrected chi connectivity index (χ1v) is 10.7. The third-order valence-electron chi connectivity index (χ3n) is 4.46. The molecule has 1 fully saturated rings. The average molecular weight is 421 g/mol. The van der Waals surface area contributed by atoms with Crippen molar-refractivity contribution in [2.24, 2.45) is 0 Å². The molecular formula is C22H36N4O4. The number of carbonyl (C=O) groups is 2. The van der Waals surface area contributed by atoms with Crippen molar-refractivity contribution in [3.05, 3.63) is 29.6 Å². The summed E-state index contributed by atoms with van der Waals surface area (Å²) in [6.07, 6.45) is -0.104. The Morgan fingerprint density at radius 1 is 1.10 bits per heavy atom. The molecule has 1 aromatic heterocycles. The Labute approximate surface area is 179 Å². The molecule has 0 bridgehead atoms. The van der Waals surface area contributed by atoms with Crippen molar-refractivity contribution in [3.63, 3.8) is 0 Å². The zero-order valence-electron chi connectivity index (χ0n) is 18.9. The van der Waals surface area contributed by atoms with Crippen LogP contribution in [0.1, 0.15) is 50.8 Å². The van der Waals surface area contributed by atoms with Crippen molar-refractivity contribution in [2.75, 3.05) is 45.8 Å². The van der Waals surface area contributed by atoms with Crippen LogP contribution in [-0.4, -0.2) is 84.2 Å². The highest BCUT2D eigenvalue weighted by Crippen LogP contribution is 2.12. The van der Waals surface area contributed by atoms with Crippen LogP contribution in [0.15, 0.2) is 18.2 Å². The van der Waals surface area contributed by atoms with Crippen LogP contribution in [0.3, 0.4) is 0 Å². The van der Waals surface area contributed by atoms with Crippen LogP contribution in [0.5, 0.6) is 0 Å². The molecule has 2 heterocycles. The monoisotopic (exact) mass is 420 g/mol. The van der Waals surface area contributed by atoms with Gasteiger partial charge in [-0.1, -0.05) is 6.07 Å². The molecule has 8 heteroatoms. The summed E-state index contributed by atoms with van der Waals surface area (Å²) in [5.74, 6) is -0.604. The molecule has 1 N–H and O–H groups in total. The van der Waals surface area contributed by atoms with E-state index in [1.165, 1.54) is 0 Å². The van der Waals surface area contributed by atoms with Crippen LogP contribution >= 0.6 is 0 Å². The lowest BCUT2D eigenvalue weighted by atomic mass is 10.2. The van der Waals surface area contributed by atoms with Gasteiger partial charge in [0.15, 0.2) is 0 Å². The number of carbonyl (C=O) groups excluding carboxylic acids is 2. The fourth-order valence-corrected chi connectivity index (χ4v) is 3.15. The molecule has 0 radical (unpaired) electrons. The van der Waals surface area contributed by atoms with Crippen LogP contribution in [0, 0.1) is 0 Å². The van der Waals surface area contributed by atoms with Crippen molar-refractivity contribution >= 4 is 11.9 Å². The van der Waals surface area contributed by atoms with Crippen LogP contribution in [0.4, 0.5) is 0 Å². The predicted molar refractivity (Wildman–Crippen MR) is 115 cm³/mol. The van der Waals surface area contributed by atoms with E-state index in [4.69, 9.17) is 9.47 Å². The van der Waals surface area contributed by atoms with E-state index < -0.39 is 11.6 Å². The predicted octanol–water partition coefficient (Wildman–Crippen LogP) is 1.70. The number of esters is 2. The highest BCUT2D eigenvalue weighted by atomic mass is 16.6. The minimum Gasteiger partial charge on any atom is -0.462 e. The quantitative estimate of drug-likeness (QED) is 0.696. The van der Waals surface area contributed by atoms with Crippen molar-refractivity contribution in [3.8, 4) is 0 Å². The Balaban J connectivity index is 1.97. The fraction of sp³-hybridized carbons (Fsp3) is 0.682. The maximum Gasteiger partial charge on any atom is 0.357 e. The largest absolute Gasteiger partial charge is 0.462 e. The molecule has 0 unspecified atom stereocenters. The molecule has 2 rings (SSSR count). The molecule has 0 atom stereocenters. The molecule has 0 aliphatic carbocycles. The SMILES string of the molecule is CC(C)OC(=O)CN1CCNCCN(Cc2cccc(C(=O)OC(C)(C)C)n2)CC1. The van der Waals surface area contributed by atoms with E-state index in [1.54, 1.807) is 6.07 Å². The van der Waals surface area contributed by atoms with E-state index in [-0.39, 0.29) is 12.1 Å². The molecule has 30 heavy (non-hydrogen) atoms. The summed E-state index contributed by atoms with van der Waals surface area (Å²) in [6.45, 7) is 15.1. The van der Waals surface area contributed by atoms with E-state index in [0.29, 0.717) is 18.8 Å². The minimum atomic E-state index is -0.554. The van der Waals surface area contributed by atoms with Gasteiger partial charge in [0.2, 0.25) is 0 Å². The highest BCUT2D eigenvalue weighted by molar-refractivity contribution is 5.87. The number of aromatic nitrogens is 1. The molecule has 8 nitrogen and oxygen atoms in total. The first-order valence-electron chi connectivity index (χ1n) is 10.7. The van der Waals surface area contributed by atoms with Gasteiger partial charge in [-0.05, 0) is 46.8 Å². The van der Waals surface area contributed by atoms with Crippen LogP contribution in [0.25, 0.3) is 0 Å². The van der Waals surface area contributed by atoms with E-state index in [0.717, 1.165) is 45.0 Å². The zero-order chi connectivity index (χ0) is 22.1. The van der Waals surface area contributed by atoms with E-state index in [9.17, 15) is 9.59 Å². The molecule has 1 aliphatic heterocycles. The topological polar surface area (TPSA) is 84.0 Å². The maximum atomic E-state index is 12.3. The van der Waals surface area contributed by atoms with Crippen LogP contribution < -0.4 is 5.32 Å². The second-order valence-corrected chi connectivity index (χ2v) is 8.86. The number of hydrogen-bond acceptors (Lipinski definition) is 8. The average Bonchev–Trinajstić information content (AvgIpc) is 2.73. The Morgan fingerprint density at radius 3 is 2.43 bits per heavy atom. The van der Waals surface area contributed by atoms with Crippen molar-refractivity contribution in [1.82, 2.24) is 20.1 Å². The smallest absolute Gasteiger partial charge is 0.357 e. The molecule has 0 aromatic carbocycles. The third kappa shape index (κ3) is 9.19. The summed E-state index contributed by atoms with van der Waals surface area (Å²) in [6, 6.07) is 5.44. The molecular weight excluding hydrogens is 384 g/mol. The first-order chi connectivity index (χ1) is 14.1. The van der Waals surface area contributed by atoms with Crippen molar-refractivity contribution in [2.45, 2.75) is 52.9 Å². The first kappa shape index (κ1) is 24.2. The lowest BCUT2D eigenvalue weighted by molar-refractivity contribution is -0.148. The van der Waals surface area contributed by atoms with Gasteiger partial charge in [-0.3, -0.25) is 14.6 Å². The molecule has 168 valence electrons. The Kier molecular flexibility index (Phi) is 9.20. The number of rotatable bonds is 6. The summed E-state index contributed by atoms with van der Waals surface area (Å²) < 4.78 is 10.7. The zero-order valence-corrected chi connectivity index (χ0v) is 18.9. The second-order valence-electron chi connectivity index (χ2n) is 8.86. The Bertz CT molecular complexity index is 703. The fourth-order valence-electron chi connectivity index (χ4n) is 3.15. The highest BCUT2D eigenvalue weighted by Gasteiger charge is 2.20. The second kappa shape index (κ2) is 11.4. The number of pyridine rings is 1. The summed E-state index contributed by atoms with van der Waals surface area (Å²) in [7, 11) is 0. The van der Waals surface area contributed by atoms with E-state index in [2.05, 4.69) is 20.1 Å². The van der Waals surface area contributed by atoms with Gasteiger partial charge >= 0.3 is 11.9 Å². The maximum absolute atomic E-state index is 12.3. The third-order valence-corrected chi connectivity index (χ3v) is 4.46. The van der Waals surface area contributed by atoms with Crippen molar-refractivity contribution < 1.29 is 19.1 Å². The lowest BCUT2D eigenvalue weighted by Gasteiger charge is -2.25. The van der Waals surface area contributed by atoms with Gasteiger partial charge in [-0.15, -0.1) is 0 Å². The number of nitrogens with one attached hydrogen (secondary N) is 1. The van der Waals surface area contributed by atoms with Crippen LogP contribution in [0.2, 0.25) is 0 Å². The minimum absolute atomic E-state index is 0.104. The Morgan fingerprint density at radius 2 is 1.77 bits per heavy atom. The van der Waals surface area contributed by atoms with E-state index >= 15 is 0 Å². The van der Waals surface area contributed by atoms with Gasteiger partial charge < -0.3 is 14.8 Å². The van der Waals surface area contributed by atoms with Gasteiger partial charge in [0.1, 0.15) is 11.3 Å². The summed E-state index contributed by atoms with van der Waals surface area (Å²) in [4.78, 5) is 33.2. The summed E-state index contributed by atoms with van der Waals surface area (Å²) in [5, 5.41) is 3.41. The summed E-state index contributed by atoms with van der Waals surface area (Å²) in [5.41, 5.74) is 0.591. The van der Waals surface area contributed by atoms with Crippen molar-refractivity contribution in [1.29, 1.82) is 0 Å².